The van der Waals surface area contributed by atoms with Gasteiger partial charge in [-0.25, -0.2) is 4.68 Å². The minimum absolute atomic E-state index is 0.0488. The molecule has 0 aliphatic rings. The van der Waals surface area contributed by atoms with Crippen molar-refractivity contribution in [1.82, 2.24) is 14.7 Å². The van der Waals surface area contributed by atoms with Gasteiger partial charge >= 0.3 is 0 Å². The van der Waals surface area contributed by atoms with Crippen LogP contribution in [0.15, 0.2) is 91.0 Å². The maximum atomic E-state index is 14.0. The summed E-state index contributed by atoms with van der Waals surface area (Å²) in [7, 11) is 0. The van der Waals surface area contributed by atoms with Crippen LogP contribution in [0.25, 0.3) is 5.69 Å². The molecule has 6 nitrogen and oxygen atoms in total. The zero-order valence-electron chi connectivity index (χ0n) is 23.5. The van der Waals surface area contributed by atoms with Crippen molar-refractivity contribution in [2.24, 2.45) is 0 Å². The Morgan fingerprint density at radius 2 is 1.46 bits per heavy atom. The highest BCUT2D eigenvalue weighted by Crippen LogP contribution is 2.28. The first-order valence-electron chi connectivity index (χ1n) is 13.5. The molecule has 1 heterocycles. The summed E-state index contributed by atoms with van der Waals surface area (Å²) in [4.78, 5) is 29.1. The predicted octanol–water partition coefficient (Wildman–Crippen LogP) is 6.49. The molecule has 39 heavy (non-hydrogen) atoms. The largest absolute Gasteiger partial charge is 0.333 e. The van der Waals surface area contributed by atoms with Gasteiger partial charge < -0.3 is 10.2 Å². The van der Waals surface area contributed by atoms with Crippen LogP contribution in [0.3, 0.4) is 0 Å². The van der Waals surface area contributed by atoms with Crippen molar-refractivity contribution in [3.8, 4) is 5.69 Å². The second-order valence-corrected chi connectivity index (χ2v) is 11.0. The van der Waals surface area contributed by atoms with E-state index in [2.05, 4.69) is 26.1 Å². The summed E-state index contributed by atoms with van der Waals surface area (Å²) in [5.41, 5.74) is 4.49. The van der Waals surface area contributed by atoms with E-state index in [9.17, 15) is 9.59 Å². The molecular weight excluding hydrogens is 484 g/mol. The molecule has 4 rings (SSSR count). The summed E-state index contributed by atoms with van der Waals surface area (Å²) in [5, 5.41) is 7.86. The number of anilines is 1. The van der Waals surface area contributed by atoms with E-state index >= 15 is 0 Å². The maximum absolute atomic E-state index is 14.0. The number of rotatable bonds is 9. The number of hydrogen-bond donors (Lipinski definition) is 1. The van der Waals surface area contributed by atoms with Crippen molar-refractivity contribution in [1.29, 1.82) is 0 Å². The third kappa shape index (κ3) is 6.82. The molecule has 202 valence electrons. The molecule has 2 amide bonds. The smallest absolute Gasteiger partial charge is 0.245 e. The van der Waals surface area contributed by atoms with E-state index in [1.807, 2.05) is 105 Å². The van der Waals surface area contributed by atoms with Gasteiger partial charge in [0.25, 0.3) is 0 Å². The molecule has 0 saturated heterocycles. The highest BCUT2D eigenvalue weighted by atomic mass is 16.2. The first kappa shape index (κ1) is 27.8. The van der Waals surface area contributed by atoms with Gasteiger partial charge in [0, 0.05) is 18.0 Å². The number of benzene rings is 3. The van der Waals surface area contributed by atoms with Gasteiger partial charge in [-0.15, -0.1) is 0 Å². The standard InChI is InChI=1S/C33H38N4O2/c1-6-21-36(32(39)31(25-13-9-7-10-14-25)26-15-11-8-12-16-26)23-30(38)34-29-22-28(33(3,4)5)35-37(29)27-19-17-24(2)18-20-27/h7-20,22,31H,6,21,23H2,1-5H3,(H,34,38). The summed E-state index contributed by atoms with van der Waals surface area (Å²) in [6.45, 7) is 10.8. The lowest BCUT2D eigenvalue weighted by Gasteiger charge is -2.27. The summed E-state index contributed by atoms with van der Waals surface area (Å²) < 4.78 is 1.76. The highest BCUT2D eigenvalue weighted by molar-refractivity contribution is 5.96. The maximum Gasteiger partial charge on any atom is 0.245 e. The average Bonchev–Trinajstić information content (AvgIpc) is 3.34. The number of aryl methyl sites for hydroxylation is 1. The van der Waals surface area contributed by atoms with Gasteiger partial charge in [-0.1, -0.05) is 106 Å². The van der Waals surface area contributed by atoms with Crippen LogP contribution in [0.1, 0.15) is 62.4 Å². The number of hydrogen-bond acceptors (Lipinski definition) is 3. The molecule has 0 radical (unpaired) electrons. The van der Waals surface area contributed by atoms with E-state index in [0.29, 0.717) is 12.4 Å². The Labute approximate surface area is 231 Å². The predicted molar refractivity (Wildman–Crippen MR) is 157 cm³/mol. The SMILES string of the molecule is CCCN(CC(=O)Nc1cc(C(C)(C)C)nn1-c1ccc(C)cc1)C(=O)C(c1ccccc1)c1ccccc1. The average molecular weight is 523 g/mol. The van der Waals surface area contributed by atoms with E-state index in [4.69, 9.17) is 5.10 Å². The number of carbonyl (C=O) groups is 2. The van der Waals surface area contributed by atoms with E-state index in [1.165, 1.54) is 0 Å². The zero-order valence-corrected chi connectivity index (χ0v) is 23.5. The van der Waals surface area contributed by atoms with E-state index in [-0.39, 0.29) is 23.8 Å². The summed E-state index contributed by atoms with van der Waals surface area (Å²) in [6, 6.07) is 29.4. The number of carbonyl (C=O) groups excluding carboxylic acids is 2. The molecule has 1 aromatic heterocycles. The molecule has 0 bridgehead atoms. The van der Waals surface area contributed by atoms with E-state index < -0.39 is 5.92 Å². The van der Waals surface area contributed by atoms with Gasteiger partial charge in [-0.2, -0.15) is 5.10 Å². The van der Waals surface area contributed by atoms with Gasteiger partial charge in [0.05, 0.1) is 23.8 Å². The fourth-order valence-corrected chi connectivity index (χ4v) is 4.56. The van der Waals surface area contributed by atoms with Crippen LogP contribution >= 0.6 is 0 Å². The van der Waals surface area contributed by atoms with Crippen molar-refractivity contribution in [3.05, 3.63) is 113 Å². The van der Waals surface area contributed by atoms with Crippen LogP contribution < -0.4 is 5.32 Å². The molecular formula is C33H38N4O2. The third-order valence-electron chi connectivity index (χ3n) is 6.68. The molecule has 3 aromatic carbocycles. The fourth-order valence-electron chi connectivity index (χ4n) is 4.56. The highest BCUT2D eigenvalue weighted by Gasteiger charge is 2.29. The Kier molecular flexibility index (Phi) is 8.65. The van der Waals surface area contributed by atoms with Gasteiger partial charge in [-0.3, -0.25) is 9.59 Å². The number of amides is 2. The quantitative estimate of drug-likeness (QED) is 0.273. The molecule has 0 atom stereocenters. The molecule has 0 aliphatic heterocycles. The first-order valence-corrected chi connectivity index (χ1v) is 13.5. The molecule has 4 aromatic rings. The van der Waals surface area contributed by atoms with Crippen molar-refractivity contribution in [2.75, 3.05) is 18.4 Å². The Morgan fingerprint density at radius 1 is 0.897 bits per heavy atom. The lowest BCUT2D eigenvalue weighted by Crippen LogP contribution is -2.41. The molecule has 6 heteroatoms. The summed E-state index contributed by atoms with van der Waals surface area (Å²) in [5.74, 6) is -0.255. The zero-order chi connectivity index (χ0) is 28.0. The molecule has 1 N–H and O–H groups in total. The van der Waals surface area contributed by atoms with Crippen LogP contribution in [0, 0.1) is 6.92 Å². The Bertz CT molecular complexity index is 1350. The molecule has 0 fully saturated rings. The van der Waals surface area contributed by atoms with Crippen LogP contribution in [0.2, 0.25) is 0 Å². The van der Waals surface area contributed by atoms with E-state index in [1.54, 1.807) is 9.58 Å². The minimum atomic E-state index is -0.489. The van der Waals surface area contributed by atoms with Crippen molar-refractivity contribution < 1.29 is 9.59 Å². The van der Waals surface area contributed by atoms with Crippen LogP contribution in [-0.4, -0.2) is 39.6 Å². The van der Waals surface area contributed by atoms with Gasteiger partial charge in [0.15, 0.2) is 0 Å². The number of aromatic nitrogens is 2. The van der Waals surface area contributed by atoms with E-state index in [0.717, 1.165) is 34.5 Å². The Balaban J connectivity index is 1.61. The molecule has 0 unspecified atom stereocenters. The summed E-state index contributed by atoms with van der Waals surface area (Å²) in [6.07, 6.45) is 0.741. The normalized spacial score (nSPS) is 11.4. The van der Waals surface area contributed by atoms with Crippen LogP contribution in [-0.2, 0) is 15.0 Å². The van der Waals surface area contributed by atoms with Crippen molar-refractivity contribution in [2.45, 2.75) is 52.4 Å². The Morgan fingerprint density at radius 3 is 1.97 bits per heavy atom. The monoisotopic (exact) mass is 522 g/mol. The van der Waals surface area contributed by atoms with Crippen molar-refractivity contribution >= 4 is 17.6 Å². The molecule has 0 aliphatic carbocycles. The molecule has 0 spiro atoms. The van der Waals surface area contributed by atoms with Crippen LogP contribution in [0.5, 0.6) is 0 Å². The lowest BCUT2D eigenvalue weighted by molar-refractivity contribution is -0.135. The van der Waals surface area contributed by atoms with Gasteiger partial charge in [-0.05, 0) is 36.6 Å². The number of nitrogens with zero attached hydrogens (tertiary/aromatic N) is 3. The molecule has 0 saturated carbocycles. The number of nitrogens with one attached hydrogen (secondary N) is 1. The van der Waals surface area contributed by atoms with Gasteiger partial charge in [0.2, 0.25) is 11.8 Å². The topological polar surface area (TPSA) is 67.2 Å². The Hall–Kier alpha value is -4.19. The summed E-state index contributed by atoms with van der Waals surface area (Å²) >= 11 is 0. The second-order valence-electron chi connectivity index (χ2n) is 11.0. The van der Waals surface area contributed by atoms with Crippen LogP contribution in [0.4, 0.5) is 5.82 Å². The third-order valence-corrected chi connectivity index (χ3v) is 6.68. The van der Waals surface area contributed by atoms with Crippen molar-refractivity contribution in [3.63, 3.8) is 0 Å². The minimum Gasteiger partial charge on any atom is -0.333 e. The fraction of sp³-hybridized carbons (Fsp3) is 0.303. The second kappa shape index (κ2) is 12.1. The lowest BCUT2D eigenvalue weighted by atomic mass is 9.90. The first-order chi connectivity index (χ1) is 18.7. The van der Waals surface area contributed by atoms with Gasteiger partial charge in [0.1, 0.15) is 5.82 Å².